The standard InChI is InChI=1S/C34H71P/c1-5-9-13-17-18-19-20-21-22-23-24-26-30-33(29-25-14-10-6-2)34(35,31-27-15-11-7-3)32-28-16-12-8-4/h33H,5-32,35H2,1-4H3. The molecule has 0 rings (SSSR count). The normalized spacial score (nSPS) is 12.9. The first-order valence-corrected chi connectivity index (χ1v) is 17.5. The summed E-state index contributed by atoms with van der Waals surface area (Å²) < 4.78 is 0. The van der Waals surface area contributed by atoms with Crippen molar-refractivity contribution >= 4 is 9.24 Å². The molecule has 2 unspecified atom stereocenters. The van der Waals surface area contributed by atoms with Crippen LogP contribution in [0.1, 0.15) is 207 Å². The van der Waals surface area contributed by atoms with Gasteiger partial charge in [0.15, 0.2) is 0 Å². The zero-order valence-electron chi connectivity index (χ0n) is 25.5. The van der Waals surface area contributed by atoms with Gasteiger partial charge in [0, 0.05) is 0 Å². The van der Waals surface area contributed by atoms with Crippen LogP contribution in [0.25, 0.3) is 0 Å². The van der Waals surface area contributed by atoms with Crippen molar-refractivity contribution in [1.82, 2.24) is 0 Å². The molecule has 212 valence electrons. The monoisotopic (exact) mass is 511 g/mol. The lowest BCUT2D eigenvalue weighted by Gasteiger charge is -2.39. The van der Waals surface area contributed by atoms with Crippen LogP contribution in [0.15, 0.2) is 0 Å². The van der Waals surface area contributed by atoms with E-state index in [-0.39, 0.29) is 0 Å². The van der Waals surface area contributed by atoms with Crippen LogP contribution < -0.4 is 0 Å². The van der Waals surface area contributed by atoms with Crippen molar-refractivity contribution < 1.29 is 0 Å². The first kappa shape index (κ1) is 35.4. The lowest BCUT2D eigenvalue weighted by atomic mass is 9.77. The fourth-order valence-corrected chi connectivity index (χ4v) is 6.81. The van der Waals surface area contributed by atoms with Gasteiger partial charge in [-0.3, -0.25) is 0 Å². The average molecular weight is 511 g/mol. The van der Waals surface area contributed by atoms with E-state index < -0.39 is 0 Å². The molecule has 0 nitrogen and oxygen atoms in total. The van der Waals surface area contributed by atoms with Crippen LogP contribution in [0.2, 0.25) is 0 Å². The summed E-state index contributed by atoms with van der Waals surface area (Å²) in [6.07, 6.45) is 40.6. The van der Waals surface area contributed by atoms with Crippen LogP contribution in [0.5, 0.6) is 0 Å². The number of hydrogen-bond acceptors (Lipinski definition) is 0. The minimum absolute atomic E-state index is 0.519. The number of unbranched alkanes of at least 4 members (excludes halogenated alkanes) is 20. The van der Waals surface area contributed by atoms with Gasteiger partial charge in [-0.15, -0.1) is 9.24 Å². The summed E-state index contributed by atoms with van der Waals surface area (Å²) in [5, 5.41) is 0.519. The third-order valence-electron chi connectivity index (χ3n) is 8.62. The van der Waals surface area contributed by atoms with Crippen molar-refractivity contribution in [3.63, 3.8) is 0 Å². The summed E-state index contributed by atoms with van der Waals surface area (Å²) in [6, 6.07) is 0. The smallest absolute Gasteiger partial charge is 0.0122 e. The summed E-state index contributed by atoms with van der Waals surface area (Å²) in [5.41, 5.74) is 0. The lowest BCUT2D eigenvalue weighted by Crippen LogP contribution is -2.32. The van der Waals surface area contributed by atoms with Gasteiger partial charge in [-0.1, -0.05) is 182 Å². The second-order valence-corrected chi connectivity index (χ2v) is 13.2. The van der Waals surface area contributed by atoms with Crippen LogP contribution in [0, 0.1) is 5.92 Å². The maximum atomic E-state index is 3.49. The Morgan fingerprint density at radius 2 is 0.629 bits per heavy atom. The van der Waals surface area contributed by atoms with Crippen molar-refractivity contribution in [3.8, 4) is 0 Å². The molecule has 0 saturated heterocycles. The van der Waals surface area contributed by atoms with Gasteiger partial charge in [0.25, 0.3) is 0 Å². The Kier molecular flexibility index (Phi) is 27.8. The molecule has 2 atom stereocenters. The quantitative estimate of drug-likeness (QED) is 0.0693. The Balaban J connectivity index is 4.50. The van der Waals surface area contributed by atoms with E-state index in [0.717, 1.165) is 5.92 Å². The SMILES string of the molecule is CCCCCCCCCCCCCCC(CCCCCC)C(P)(CCCCCC)CCCCCC. The maximum absolute atomic E-state index is 3.49. The molecule has 0 saturated carbocycles. The second-order valence-electron chi connectivity index (χ2n) is 12.1. The molecular weight excluding hydrogens is 439 g/mol. The van der Waals surface area contributed by atoms with Crippen LogP contribution in [0.3, 0.4) is 0 Å². The molecule has 0 bridgehead atoms. The van der Waals surface area contributed by atoms with Gasteiger partial charge in [-0.05, 0) is 36.8 Å². The second kappa shape index (κ2) is 27.5. The highest BCUT2D eigenvalue weighted by atomic mass is 31.0. The van der Waals surface area contributed by atoms with Gasteiger partial charge < -0.3 is 0 Å². The van der Waals surface area contributed by atoms with E-state index in [1.54, 1.807) is 0 Å². The van der Waals surface area contributed by atoms with Crippen molar-refractivity contribution in [3.05, 3.63) is 0 Å². The fraction of sp³-hybridized carbons (Fsp3) is 1.00. The first-order valence-electron chi connectivity index (χ1n) is 16.9. The summed E-state index contributed by atoms with van der Waals surface area (Å²) >= 11 is 0. The number of rotatable bonds is 29. The molecule has 0 spiro atoms. The highest BCUT2D eigenvalue weighted by Gasteiger charge is 2.32. The molecule has 0 amide bonds. The molecule has 0 aliphatic heterocycles. The van der Waals surface area contributed by atoms with Crippen LogP contribution in [0.4, 0.5) is 0 Å². The Morgan fingerprint density at radius 1 is 0.371 bits per heavy atom. The van der Waals surface area contributed by atoms with E-state index in [1.165, 1.54) is 180 Å². The summed E-state index contributed by atoms with van der Waals surface area (Å²) in [5.74, 6) is 0.940. The summed E-state index contributed by atoms with van der Waals surface area (Å²) in [6.45, 7) is 9.37. The molecule has 0 radical (unpaired) electrons. The van der Waals surface area contributed by atoms with E-state index >= 15 is 0 Å². The molecule has 0 aromatic rings. The molecule has 35 heavy (non-hydrogen) atoms. The third kappa shape index (κ3) is 22.2. The Bertz CT molecular complexity index is 378. The molecule has 0 aromatic heterocycles. The summed E-state index contributed by atoms with van der Waals surface area (Å²) in [7, 11) is 3.49. The number of hydrogen-bond donors (Lipinski definition) is 0. The van der Waals surface area contributed by atoms with Gasteiger partial charge in [-0.2, -0.15) is 0 Å². The minimum Gasteiger partial charge on any atom is -0.131 e. The Hall–Kier alpha value is 0.430. The summed E-state index contributed by atoms with van der Waals surface area (Å²) in [4.78, 5) is 0. The molecule has 0 aromatic carbocycles. The van der Waals surface area contributed by atoms with Crippen LogP contribution >= 0.6 is 9.24 Å². The van der Waals surface area contributed by atoms with Gasteiger partial charge in [-0.25, -0.2) is 0 Å². The van der Waals surface area contributed by atoms with Gasteiger partial charge in [0.05, 0.1) is 0 Å². The van der Waals surface area contributed by atoms with E-state index in [1.807, 2.05) is 0 Å². The van der Waals surface area contributed by atoms with Crippen LogP contribution in [-0.4, -0.2) is 5.16 Å². The van der Waals surface area contributed by atoms with E-state index in [9.17, 15) is 0 Å². The molecule has 0 heterocycles. The zero-order valence-corrected chi connectivity index (χ0v) is 26.6. The molecule has 0 aliphatic rings. The van der Waals surface area contributed by atoms with Gasteiger partial charge in [0.2, 0.25) is 0 Å². The third-order valence-corrected chi connectivity index (χ3v) is 9.67. The van der Waals surface area contributed by atoms with Gasteiger partial charge >= 0.3 is 0 Å². The highest BCUT2D eigenvalue weighted by Crippen LogP contribution is 2.44. The van der Waals surface area contributed by atoms with Crippen molar-refractivity contribution in [2.45, 2.75) is 213 Å². The zero-order chi connectivity index (χ0) is 25.9. The van der Waals surface area contributed by atoms with Gasteiger partial charge in [0.1, 0.15) is 0 Å². The largest absolute Gasteiger partial charge is 0.131 e. The Labute approximate surface area is 227 Å². The molecule has 0 fully saturated rings. The van der Waals surface area contributed by atoms with E-state index in [2.05, 4.69) is 36.9 Å². The van der Waals surface area contributed by atoms with Crippen molar-refractivity contribution in [1.29, 1.82) is 0 Å². The molecular formula is C34H71P. The predicted molar refractivity (Wildman–Crippen MR) is 168 cm³/mol. The Morgan fingerprint density at radius 3 is 0.971 bits per heavy atom. The van der Waals surface area contributed by atoms with Crippen molar-refractivity contribution in [2.24, 2.45) is 5.92 Å². The van der Waals surface area contributed by atoms with E-state index in [4.69, 9.17) is 0 Å². The van der Waals surface area contributed by atoms with Crippen molar-refractivity contribution in [2.75, 3.05) is 0 Å². The fourth-order valence-electron chi connectivity index (χ4n) is 6.06. The maximum Gasteiger partial charge on any atom is -0.0122 e. The predicted octanol–water partition coefficient (Wildman–Crippen LogP) is 13.2. The minimum atomic E-state index is 0.519. The highest BCUT2D eigenvalue weighted by molar-refractivity contribution is 7.19. The first-order chi connectivity index (χ1) is 17.1. The lowest BCUT2D eigenvalue weighted by molar-refractivity contribution is 0.270. The molecule has 0 aliphatic carbocycles. The average Bonchev–Trinajstić information content (AvgIpc) is 2.86. The molecule has 1 heteroatoms. The topological polar surface area (TPSA) is 0 Å². The van der Waals surface area contributed by atoms with E-state index in [0.29, 0.717) is 5.16 Å². The molecule has 0 N–H and O–H groups in total. The van der Waals surface area contributed by atoms with Crippen LogP contribution in [-0.2, 0) is 0 Å².